The third-order valence-corrected chi connectivity index (χ3v) is 5.96. The predicted octanol–water partition coefficient (Wildman–Crippen LogP) is 4.83. The summed E-state index contributed by atoms with van der Waals surface area (Å²) >= 11 is 0. The molecular formula is C16H32O2. The van der Waals surface area contributed by atoms with E-state index in [2.05, 4.69) is 55.4 Å². The van der Waals surface area contributed by atoms with E-state index in [4.69, 9.17) is 9.78 Å². The highest BCUT2D eigenvalue weighted by atomic mass is 17.2. The van der Waals surface area contributed by atoms with Gasteiger partial charge in [0.2, 0.25) is 0 Å². The van der Waals surface area contributed by atoms with Crippen LogP contribution in [0.3, 0.4) is 0 Å². The molecule has 1 aliphatic rings. The summed E-state index contributed by atoms with van der Waals surface area (Å²) in [6.45, 7) is 19.8. The molecule has 1 heterocycles. The van der Waals surface area contributed by atoms with Gasteiger partial charge in [0.25, 0.3) is 0 Å². The van der Waals surface area contributed by atoms with Gasteiger partial charge in [-0.15, -0.1) is 0 Å². The molecule has 0 atom stereocenters. The summed E-state index contributed by atoms with van der Waals surface area (Å²) in [5.74, 6) is 0. The Labute approximate surface area is 113 Å². The van der Waals surface area contributed by atoms with E-state index in [1.807, 2.05) is 0 Å². The van der Waals surface area contributed by atoms with Gasteiger partial charge < -0.3 is 0 Å². The maximum Gasteiger partial charge on any atom is 0.0878 e. The summed E-state index contributed by atoms with van der Waals surface area (Å²) in [7, 11) is 0. The summed E-state index contributed by atoms with van der Waals surface area (Å²) in [4.78, 5) is 11.0. The highest BCUT2D eigenvalue weighted by Gasteiger charge is 2.43. The first-order chi connectivity index (χ1) is 7.91. The second-order valence-corrected chi connectivity index (χ2v) is 8.56. The molecule has 0 bridgehead atoms. The van der Waals surface area contributed by atoms with E-state index in [0.29, 0.717) is 13.2 Å². The smallest absolute Gasteiger partial charge is 0.0878 e. The number of hydrogen-bond acceptors (Lipinski definition) is 2. The Morgan fingerprint density at radius 3 is 1.06 bits per heavy atom. The van der Waals surface area contributed by atoms with E-state index in [9.17, 15) is 0 Å². The van der Waals surface area contributed by atoms with Gasteiger partial charge in [0.05, 0.1) is 13.2 Å². The van der Waals surface area contributed by atoms with E-state index in [1.165, 1.54) is 12.8 Å². The van der Waals surface area contributed by atoms with Crippen molar-refractivity contribution in [2.24, 2.45) is 21.7 Å². The fourth-order valence-electron chi connectivity index (χ4n) is 2.07. The van der Waals surface area contributed by atoms with Crippen LogP contribution < -0.4 is 0 Å². The summed E-state index contributed by atoms with van der Waals surface area (Å²) < 4.78 is 0. The van der Waals surface area contributed by atoms with Crippen molar-refractivity contribution >= 4 is 0 Å². The molecule has 0 saturated carbocycles. The van der Waals surface area contributed by atoms with Gasteiger partial charge in [-0.05, 0) is 34.5 Å². The second kappa shape index (κ2) is 4.79. The first-order valence-electron chi connectivity index (χ1n) is 7.16. The topological polar surface area (TPSA) is 18.5 Å². The predicted molar refractivity (Wildman–Crippen MR) is 76.3 cm³/mol. The zero-order valence-electron chi connectivity index (χ0n) is 13.6. The van der Waals surface area contributed by atoms with E-state index < -0.39 is 0 Å². The molecule has 1 aliphatic heterocycles. The van der Waals surface area contributed by atoms with Gasteiger partial charge in [-0.1, -0.05) is 55.4 Å². The Bertz CT molecular complexity index is 257. The third kappa shape index (κ3) is 3.08. The van der Waals surface area contributed by atoms with Gasteiger partial charge >= 0.3 is 0 Å². The van der Waals surface area contributed by atoms with Gasteiger partial charge in [0, 0.05) is 0 Å². The zero-order chi connectivity index (χ0) is 14.2. The molecule has 18 heavy (non-hydrogen) atoms. The van der Waals surface area contributed by atoms with Crippen LogP contribution in [0.1, 0.15) is 68.2 Å². The maximum atomic E-state index is 5.49. The molecule has 0 N–H and O–H groups in total. The molecule has 0 radical (unpaired) electrons. The lowest BCUT2D eigenvalue weighted by Crippen LogP contribution is -2.43. The molecule has 0 aromatic rings. The van der Waals surface area contributed by atoms with Gasteiger partial charge in [0.1, 0.15) is 0 Å². The van der Waals surface area contributed by atoms with Crippen LogP contribution in [0.15, 0.2) is 0 Å². The monoisotopic (exact) mass is 256 g/mol. The average molecular weight is 256 g/mol. The van der Waals surface area contributed by atoms with Crippen LogP contribution in [-0.2, 0) is 9.78 Å². The van der Waals surface area contributed by atoms with E-state index >= 15 is 0 Å². The van der Waals surface area contributed by atoms with Crippen molar-refractivity contribution in [3.05, 3.63) is 0 Å². The first-order valence-corrected chi connectivity index (χ1v) is 7.16. The summed E-state index contributed by atoms with van der Waals surface area (Å²) in [6, 6.07) is 0. The van der Waals surface area contributed by atoms with Crippen LogP contribution in [0.5, 0.6) is 0 Å². The van der Waals surface area contributed by atoms with E-state index in [1.54, 1.807) is 0 Å². The zero-order valence-corrected chi connectivity index (χ0v) is 13.6. The molecule has 1 fully saturated rings. The molecule has 0 unspecified atom stereocenters. The molecule has 0 spiro atoms. The lowest BCUT2D eigenvalue weighted by molar-refractivity contribution is -0.335. The van der Waals surface area contributed by atoms with Crippen LogP contribution in [0.25, 0.3) is 0 Å². The molecule has 1 rings (SSSR count). The molecule has 0 aliphatic carbocycles. The third-order valence-electron chi connectivity index (χ3n) is 5.96. The summed E-state index contributed by atoms with van der Waals surface area (Å²) in [5.41, 5.74) is 0.761. The van der Waals surface area contributed by atoms with Gasteiger partial charge in [-0.2, -0.15) is 0 Å². The summed E-state index contributed by atoms with van der Waals surface area (Å²) in [6.07, 6.45) is 2.44. The first kappa shape index (κ1) is 16.0. The minimum atomic E-state index is 0.130. The molecule has 1 saturated heterocycles. The van der Waals surface area contributed by atoms with Gasteiger partial charge in [-0.3, -0.25) is 0 Å². The summed E-state index contributed by atoms with van der Waals surface area (Å²) in [5, 5.41) is 0. The molecule has 0 amide bonds. The minimum Gasteiger partial charge on any atom is -0.236 e. The van der Waals surface area contributed by atoms with Crippen LogP contribution in [0.4, 0.5) is 0 Å². The van der Waals surface area contributed by atoms with Crippen molar-refractivity contribution in [1.82, 2.24) is 0 Å². The SMILES string of the molecule is CC1(C)CCC(C)(C)C(C)(C)COOCC1(C)C. The Balaban J connectivity index is 2.94. The van der Waals surface area contributed by atoms with Crippen molar-refractivity contribution in [2.75, 3.05) is 13.2 Å². The molecule has 2 nitrogen and oxygen atoms in total. The van der Waals surface area contributed by atoms with Crippen LogP contribution in [0, 0.1) is 21.7 Å². The van der Waals surface area contributed by atoms with Gasteiger partial charge in [0.15, 0.2) is 0 Å². The van der Waals surface area contributed by atoms with Crippen LogP contribution in [-0.4, -0.2) is 13.2 Å². The van der Waals surface area contributed by atoms with Crippen molar-refractivity contribution < 1.29 is 9.78 Å². The second-order valence-electron chi connectivity index (χ2n) is 8.56. The fraction of sp³-hybridized carbons (Fsp3) is 1.00. The molecule has 108 valence electrons. The van der Waals surface area contributed by atoms with Crippen molar-refractivity contribution in [2.45, 2.75) is 68.2 Å². The molecule has 0 aromatic carbocycles. The number of rotatable bonds is 0. The Morgan fingerprint density at radius 1 is 0.500 bits per heavy atom. The normalized spacial score (nSPS) is 30.7. The standard InChI is InChI=1S/C16H32O2/c1-13(2)9-10-14(3,4)16(7,8)12-18-17-11-15(13,5)6/h9-12H2,1-8H3. The fourth-order valence-corrected chi connectivity index (χ4v) is 2.07. The maximum absolute atomic E-state index is 5.49. The Kier molecular flexibility index (Phi) is 4.25. The van der Waals surface area contributed by atoms with Crippen molar-refractivity contribution in [3.63, 3.8) is 0 Å². The lowest BCUT2D eigenvalue weighted by Gasteiger charge is -2.48. The van der Waals surface area contributed by atoms with Crippen LogP contribution >= 0.6 is 0 Å². The Hall–Kier alpha value is -0.0800. The number of hydrogen-bond donors (Lipinski definition) is 0. The molecular weight excluding hydrogens is 224 g/mol. The Morgan fingerprint density at radius 2 is 0.778 bits per heavy atom. The van der Waals surface area contributed by atoms with E-state index in [0.717, 1.165) is 0 Å². The van der Waals surface area contributed by atoms with Crippen molar-refractivity contribution in [3.8, 4) is 0 Å². The average Bonchev–Trinajstić information content (AvgIpc) is 2.20. The largest absolute Gasteiger partial charge is 0.236 e. The minimum absolute atomic E-state index is 0.130. The molecule has 0 aromatic heterocycles. The van der Waals surface area contributed by atoms with Crippen LogP contribution in [0.2, 0.25) is 0 Å². The highest BCUT2D eigenvalue weighted by molar-refractivity contribution is 4.92. The highest BCUT2D eigenvalue weighted by Crippen LogP contribution is 2.49. The molecule has 2 heteroatoms. The van der Waals surface area contributed by atoms with Crippen molar-refractivity contribution in [1.29, 1.82) is 0 Å². The lowest BCUT2D eigenvalue weighted by atomic mass is 9.60. The van der Waals surface area contributed by atoms with Gasteiger partial charge in [-0.25, -0.2) is 9.78 Å². The van der Waals surface area contributed by atoms with E-state index in [-0.39, 0.29) is 21.7 Å². The quantitative estimate of drug-likeness (QED) is 0.578.